The molecule has 0 bridgehead atoms. The van der Waals surface area contributed by atoms with Crippen LogP contribution in [0.5, 0.6) is 0 Å². The minimum absolute atomic E-state index is 0.195. The molecule has 1 aromatic rings. The Kier molecular flexibility index (Phi) is 3.91. The number of hydrogen-bond acceptors (Lipinski definition) is 4. The van der Waals surface area contributed by atoms with E-state index in [9.17, 15) is 0 Å². The van der Waals surface area contributed by atoms with Crippen molar-refractivity contribution in [1.82, 2.24) is 10.1 Å². The molecule has 1 aromatic heterocycles. The average Bonchev–Trinajstić information content (AvgIpc) is 3.08. The van der Waals surface area contributed by atoms with Crippen molar-refractivity contribution < 1.29 is 9.26 Å². The summed E-state index contributed by atoms with van der Waals surface area (Å²) in [6.07, 6.45) is 8.11. The van der Waals surface area contributed by atoms with E-state index in [-0.39, 0.29) is 17.9 Å². The smallest absolute Gasteiger partial charge is 0.241 e. The second kappa shape index (κ2) is 5.65. The van der Waals surface area contributed by atoms with Crippen molar-refractivity contribution in [2.75, 3.05) is 6.61 Å². The highest BCUT2D eigenvalue weighted by atomic mass is 35.5. The predicted octanol–water partition coefficient (Wildman–Crippen LogP) is 3.38. The number of alkyl halides is 1. The summed E-state index contributed by atoms with van der Waals surface area (Å²) in [5, 5.41) is 4.76. The van der Waals surface area contributed by atoms with Gasteiger partial charge in [-0.3, -0.25) is 0 Å². The maximum atomic E-state index is 5.92. The van der Waals surface area contributed by atoms with Gasteiger partial charge in [0.1, 0.15) is 5.88 Å². The maximum absolute atomic E-state index is 5.92. The van der Waals surface area contributed by atoms with E-state index in [0.717, 1.165) is 17.9 Å². The number of halogens is 2. The van der Waals surface area contributed by atoms with Crippen LogP contribution in [0.25, 0.3) is 0 Å². The molecule has 3 atom stereocenters. The van der Waals surface area contributed by atoms with Gasteiger partial charge in [0.05, 0.1) is 12.7 Å². The number of hydrogen-bond donors (Lipinski definition) is 0. The molecule has 19 heavy (non-hydrogen) atoms. The Bertz CT molecular complexity index is 512. The van der Waals surface area contributed by atoms with E-state index in [4.69, 9.17) is 32.5 Å². The summed E-state index contributed by atoms with van der Waals surface area (Å²) >= 11 is 11.6. The molecule has 0 amide bonds. The first-order chi connectivity index (χ1) is 9.26. The van der Waals surface area contributed by atoms with Gasteiger partial charge in [0.2, 0.25) is 5.89 Å². The standard InChI is InChI=1S/C13H14Cl2N2O2/c14-6-12-16-13(17-19-12)9-5-11(18-7-9)8-1-3-10(15)4-2-8/h1,3-4,8-9,11H,2,5-7H2/t8?,9-,11+/m0/s1. The molecule has 0 radical (unpaired) electrons. The number of rotatable bonds is 3. The summed E-state index contributed by atoms with van der Waals surface area (Å²) < 4.78 is 10.9. The normalized spacial score (nSPS) is 30.6. The third-order valence-electron chi connectivity index (χ3n) is 3.56. The summed E-state index contributed by atoms with van der Waals surface area (Å²) in [5.41, 5.74) is 0. The van der Waals surface area contributed by atoms with Crippen molar-refractivity contribution >= 4 is 23.2 Å². The second-order valence-corrected chi connectivity index (χ2v) is 5.54. The molecule has 1 saturated heterocycles. The summed E-state index contributed by atoms with van der Waals surface area (Å²) in [4.78, 5) is 4.26. The molecule has 4 nitrogen and oxygen atoms in total. The van der Waals surface area contributed by atoms with E-state index in [1.54, 1.807) is 0 Å². The molecule has 102 valence electrons. The molecule has 2 aliphatic rings. The van der Waals surface area contributed by atoms with Crippen LogP contribution in [-0.4, -0.2) is 22.9 Å². The topological polar surface area (TPSA) is 48.2 Å². The van der Waals surface area contributed by atoms with Crippen LogP contribution in [0, 0.1) is 5.92 Å². The van der Waals surface area contributed by atoms with Crippen LogP contribution >= 0.6 is 23.2 Å². The Morgan fingerprint density at radius 2 is 2.32 bits per heavy atom. The lowest BCUT2D eigenvalue weighted by molar-refractivity contribution is 0.0783. The summed E-state index contributed by atoms with van der Waals surface area (Å²) in [7, 11) is 0. The van der Waals surface area contributed by atoms with Crippen molar-refractivity contribution in [2.45, 2.75) is 30.7 Å². The van der Waals surface area contributed by atoms with Gasteiger partial charge < -0.3 is 9.26 Å². The minimum Gasteiger partial charge on any atom is -0.377 e. The fraction of sp³-hybridized carbons (Fsp3) is 0.538. The largest absolute Gasteiger partial charge is 0.377 e. The fourth-order valence-corrected chi connectivity index (χ4v) is 2.78. The Morgan fingerprint density at radius 3 is 3.00 bits per heavy atom. The summed E-state index contributed by atoms with van der Waals surface area (Å²) in [6.45, 7) is 0.633. The molecule has 3 rings (SSSR count). The molecule has 1 fully saturated rings. The van der Waals surface area contributed by atoms with Crippen LogP contribution in [-0.2, 0) is 10.6 Å². The van der Waals surface area contributed by atoms with Crippen LogP contribution in [0.3, 0.4) is 0 Å². The van der Waals surface area contributed by atoms with Gasteiger partial charge in [-0.05, 0) is 18.9 Å². The molecule has 1 unspecified atom stereocenters. The third kappa shape index (κ3) is 2.86. The molecule has 0 saturated carbocycles. The number of aromatic nitrogens is 2. The van der Waals surface area contributed by atoms with Gasteiger partial charge in [0.25, 0.3) is 0 Å². The number of nitrogens with zero attached hydrogens (tertiary/aromatic N) is 2. The van der Waals surface area contributed by atoms with Gasteiger partial charge in [0.15, 0.2) is 5.82 Å². The lowest BCUT2D eigenvalue weighted by atomic mass is 9.90. The van der Waals surface area contributed by atoms with Gasteiger partial charge in [-0.25, -0.2) is 0 Å². The average molecular weight is 301 g/mol. The molecule has 6 heteroatoms. The van der Waals surface area contributed by atoms with E-state index in [1.807, 2.05) is 12.2 Å². The third-order valence-corrected chi connectivity index (χ3v) is 4.07. The van der Waals surface area contributed by atoms with E-state index in [0.29, 0.717) is 24.2 Å². The summed E-state index contributed by atoms with van der Waals surface area (Å²) in [5.74, 6) is 1.99. The van der Waals surface area contributed by atoms with Crippen LogP contribution in [0.2, 0.25) is 0 Å². The van der Waals surface area contributed by atoms with Crippen molar-refractivity contribution in [1.29, 1.82) is 0 Å². The molecule has 0 spiro atoms. The first-order valence-corrected chi connectivity index (χ1v) is 7.21. The molecular formula is C13H14Cl2N2O2. The minimum atomic E-state index is 0.195. The predicted molar refractivity (Wildman–Crippen MR) is 72.1 cm³/mol. The van der Waals surface area contributed by atoms with E-state index in [2.05, 4.69) is 16.2 Å². The van der Waals surface area contributed by atoms with Crippen molar-refractivity contribution in [3.8, 4) is 0 Å². The lowest BCUT2D eigenvalue weighted by Crippen LogP contribution is -2.18. The second-order valence-electron chi connectivity index (χ2n) is 4.83. The highest BCUT2D eigenvalue weighted by Gasteiger charge is 2.34. The van der Waals surface area contributed by atoms with Gasteiger partial charge in [-0.1, -0.05) is 28.9 Å². The van der Waals surface area contributed by atoms with Crippen molar-refractivity contribution in [2.24, 2.45) is 5.92 Å². The number of ether oxygens (including phenoxy) is 1. The van der Waals surface area contributed by atoms with Gasteiger partial charge in [0, 0.05) is 16.9 Å². The molecule has 0 N–H and O–H groups in total. The van der Waals surface area contributed by atoms with Crippen LogP contribution in [0.4, 0.5) is 0 Å². The molecule has 2 heterocycles. The highest BCUT2D eigenvalue weighted by Crippen LogP contribution is 2.35. The zero-order valence-corrected chi connectivity index (χ0v) is 11.8. The van der Waals surface area contributed by atoms with Crippen LogP contribution < -0.4 is 0 Å². The Morgan fingerprint density at radius 1 is 1.42 bits per heavy atom. The van der Waals surface area contributed by atoms with Gasteiger partial charge in [-0.15, -0.1) is 11.6 Å². The lowest BCUT2D eigenvalue weighted by Gasteiger charge is -2.20. The molecular weight excluding hydrogens is 287 g/mol. The Balaban J connectivity index is 1.62. The first-order valence-electron chi connectivity index (χ1n) is 6.30. The van der Waals surface area contributed by atoms with Gasteiger partial charge >= 0.3 is 0 Å². The Hall–Kier alpha value is -0.840. The van der Waals surface area contributed by atoms with E-state index in [1.165, 1.54) is 0 Å². The monoisotopic (exact) mass is 300 g/mol. The highest BCUT2D eigenvalue weighted by molar-refractivity contribution is 6.31. The zero-order chi connectivity index (χ0) is 13.2. The maximum Gasteiger partial charge on any atom is 0.241 e. The van der Waals surface area contributed by atoms with Crippen LogP contribution in [0.1, 0.15) is 30.5 Å². The molecule has 1 aliphatic heterocycles. The van der Waals surface area contributed by atoms with E-state index >= 15 is 0 Å². The van der Waals surface area contributed by atoms with Gasteiger partial charge in [-0.2, -0.15) is 4.98 Å². The SMILES string of the molecule is ClCc1nc([C@@H]2CO[C@@H](C3C=CC(Cl)=CC3)C2)no1. The van der Waals surface area contributed by atoms with E-state index < -0.39 is 0 Å². The molecule has 1 aliphatic carbocycles. The van der Waals surface area contributed by atoms with Crippen LogP contribution in [0.15, 0.2) is 27.8 Å². The molecule has 0 aromatic carbocycles. The van der Waals surface area contributed by atoms with Crippen molar-refractivity contribution in [3.05, 3.63) is 35.0 Å². The number of allylic oxidation sites excluding steroid dienone is 3. The summed E-state index contributed by atoms with van der Waals surface area (Å²) in [6, 6.07) is 0. The fourth-order valence-electron chi connectivity index (χ4n) is 2.51. The zero-order valence-electron chi connectivity index (χ0n) is 10.3. The Labute approximate surface area is 121 Å². The van der Waals surface area contributed by atoms with Crippen molar-refractivity contribution in [3.63, 3.8) is 0 Å². The quantitative estimate of drug-likeness (QED) is 0.803. The first kappa shape index (κ1) is 13.2.